The summed E-state index contributed by atoms with van der Waals surface area (Å²) in [5.41, 5.74) is -0.359. The van der Waals surface area contributed by atoms with Gasteiger partial charge in [0.05, 0.1) is 17.1 Å². The maximum atomic E-state index is 11.7. The molecule has 1 aromatic rings. The van der Waals surface area contributed by atoms with E-state index in [4.69, 9.17) is 11.6 Å². The average Bonchev–Trinajstić information content (AvgIpc) is 2.84. The first-order chi connectivity index (χ1) is 7.57. The predicted octanol–water partition coefficient (Wildman–Crippen LogP) is 1.15. The fourth-order valence-corrected chi connectivity index (χ4v) is 2.77. The minimum Gasteiger partial charge on any atom is -0.359 e. The molecule has 1 fully saturated rings. The van der Waals surface area contributed by atoms with Crippen molar-refractivity contribution in [1.82, 2.24) is 14.1 Å². The number of amides is 1. The lowest BCUT2D eigenvalue weighted by Crippen LogP contribution is -2.39. The van der Waals surface area contributed by atoms with Crippen LogP contribution in [0.25, 0.3) is 0 Å². The van der Waals surface area contributed by atoms with E-state index in [9.17, 15) is 4.79 Å². The van der Waals surface area contributed by atoms with Crippen molar-refractivity contribution in [2.45, 2.75) is 13.3 Å². The zero-order valence-electron chi connectivity index (χ0n) is 9.16. The Morgan fingerprint density at radius 3 is 2.94 bits per heavy atom. The van der Waals surface area contributed by atoms with E-state index in [-0.39, 0.29) is 11.3 Å². The van der Waals surface area contributed by atoms with Crippen LogP contribution in [0.2, 0.25) is 5.15 Å². The van der Waals surface area contributed by atoms with Crippen LogP contribution in [0, 0.1) is 5.41 Å². The van der Waals surface area contributed by atoms with Crippen LogP contribution < -0.4 is 10.2 Å². The Kier molecular flexibility index (Phi) is 3.03. The second kappa shape index (κ2) is 4.18. The van der Waals surface area contributed by atoms with Gasteiger partial charge in [0.25, 0.3) is 0 Å². The van der Waals surface area contributed by atoms with Crippen LogP contribution in [0.5, 0.6) is 0 Å². The van der Waals surface area contributed by atoms with Gasteiger partial charge in [0.2, 0.25) is 5.91 Å². The topological polar surface area (TPSA) is 58.1 Å². The molecule has 0 spiro atoms. The minimum atomic E-state index is -0.359. The predicted molar refractivity (Wildman–Crippen MR) is 63.9 cm³/mol. The van der Waals surface area contributed by atoms with E-state index in [0.717, 1.165) is 24.7 Å². The summed E-state index contributed by atoms with van der Waals surface area (Å²) in [7, 11) is 1.66. The van der Waals surface area contributed by atoms with Gasteiger partial charge < -0.3 is 10.2 Å². The molecule has 1 atom stereocenters. The molecule has 1 aliphatic rings. The Bertz CT molecular complexity index is 410. The molecular weight excluding hydrogens is 248 g/mol. The third kappa shape index (κ3) is 1.87. The summed E-state index contributed by atoms with van der Waals surface area (Å²) >= 11 is 7.01. The quantitative estimate of drug-likeness (QED) is 0.867. The Morgan fingerprint density at radius 2 is 2.38 bits per heavy atom. The number of carbonyl (C=O) groups excluding carboxylic acids is 1. The molecule has 1 amide bonds. The van der Waals surface area contributed by atoms with E-state index in [1.807, 2.05) is 11.8 Å². The van der Waals surface area contributed by atoms with E-state index < -0.39 is 0 Å². The Hall–Kier alpha value is -0.880. The molecule has 0 aliphatic carbocycles. The molecule has 1 N–H and O–H groups in total. The van der Waals surface area contributed by atoms with Gasteiger partial charge in [-0.25, -0.2) is 0 Å². The van der Waals surface area contributed by atoms with Crippen LogP contribution in [0.3, 0.4) is 0 Å². The number of hydrogen-bond donors (Lipinski definition) is 1. The van der Waals surface area contributed by atoms with Crippen molar-refractivity contribution in [3.05, 3.63) is 5.15 Å². The summed E-state index contributed by atoms with van der Waals surface area (Å²) in [5, 5.41) is 3.12. The molecular formula is C9H13ClN4OS. The highest BCUT2D eigenvalue weighted by Crippen LogP contribution is 2.35. The van der Waals surface area contributed by atoms with Gasteiger partial charge in [-0.05, 0) is 13.3 Å². The summed E-state index contributed by atoms with van der Waals surface area (Å²) in [6.45, 7) is 3.38. The molecule has 1 unspecified atom stereocenters. The molecule has 0 aromatic carbocycles. The van der Waals surface area contributed by atoms with E-state index in [0.29, 0.717) is 17.5 Å². The molecule has 2 rings (SSSR count). The fourth-order valence-electron chi connectivity index (χ4n) is 1.99. The Labute approximate surface area is 103 Å². The van der Waals surface area contributed by atoms with Crippen LogP contribution in [-0.2, 0) is 4.79 Å². The molecule has 7 heteroatoms. The lowest BCUT2D eigenvalue weighted by Gasteiger charge is -2.22. The molecule has 2 heterocycles. The normalized spacial score (nSPS) is 24.8. The van der Waals surface area contributed by atoms with Crippen LogP contribution in [0.1, 0.15) is 13.3 Å². The number of anilines is 1. The maximum absolute atomic E-state index is 11.7. The van der Waals surface area contributed by atoms with Crippen molar-refractivity contribution in [2.24, 2.45) is 5.41 Å². The third-order valence-electron chi connectivity index (χ3n) is 2.98. The molecule has 88 valence electrons. The molecule has 1 aromatic heterocycles. The van der Waals surface area contributed by atoms with Gasteiger partial charge in [0, 0.05) is 20.1 Å². The fraction of sp³-hybridized carbons (Fsp3) is 0.667. The second-order valence-electron chi connectivity index (χ2n) is 4.19. The summed E-state index contributed by atoms with van der Waals surface area (Å²) in [6.07, 6.45) is 0.806. The highest BCUT2D eigenvalue weighted by atomic mass is 35.5. The van der Waals surface area contributed by atoms with Crippen molar-refractivity contribution in [3.63, 3.8) is 0 Å². The lowest BCUT2D eigenvalue weighted by molar-refractivity contribution is -0.128. The maximum Gasteiger partial charge on any atom is 0.227 e. The zero-order chi connectivity index (χ0) is 11.8. The summed E-state index contributed by atoms with van der Waals surface area (Å²) in [5.74, 6) is 0.758. The highest BCUT2D eigenvalue weighted by molar-refractivity contribution is 6.99. The largest absolute Gasteiger partial charge is 0.359 e. The summed E-state index contributed by atoms with van der Waals surface area (Å²) in [4.78, 5) is 13.7. The lowest BCUT2D eigenvalue weighted by atomic mass is 9.89. The number of carbonyl (C=O) groups is 1. The molecule has 0 radical (unpaired) electrons. The molecule has 5 nitrogen and oxygen atoms in total. The van der Waals surface area contributed by atoms with Crippen molar-refractivity contribution < 1.29 is 4.79 Å². The van der Waals surface area contributed by atoms with E-state index >= 15 is 0 Å². The zero-order valence-corrected chi connectivity index (χ0v) is 10.7. The smallest absolute Gasteiger partial charge is 0.227 e. The van der Waals surface area contributed by atoms with Gasteiger partial charge in [0.1, 0.15) is 0 Å². The SMILES string of the molecule is CNC(=O)C1(C)CCN(c2nsnc2Cl)C1. The van der Waals surface area contributed by atoms with Crippen molar-refractivity contribution >= 4 is 35.1 Å². The molecule has 0 saturated carbocycles. The third-order valence-corrected chi connectivity index (χ3v) is 3.85. The number of rotatable bonds is 2. The van der Waals surface area contributed by atoms with Gasteiger partial charge >= 0.3 is 0 Å². The van der Waals surface area contributed by atoms with Gasteiger partial charge in [-0.15, -0.1) is 0 Å². The first-order valence-electron chi connectivity index (χ1n) is 5.02. The monoisotopic (exact) mass is 260 g/mol. The number of hydrogen-bond acceptors (Lipinski definition) is 5. The van der Waals surface area contributed by atoms with E-state index in [2.05, 4.69) is 14.1 Å². The first kappa shape index (κ1) is 11.6. The standard InChI is InChI=1S/C9H13ClN4OS/c1-9(8(15)11-2)3-4-14(5-9)7-6(10)12-16-13-7/h3-5H2,1-2H3,(H,11,15). The summed E-state index contributed by atoms with van der Waals surface area (Å²) < 4.78 is 8.07. The van der Waals surface area contributed by atoms with Gasteiger partial charge in [0.15, 0.2) is 11.0 Å². The number of nitrogens with one attached hydrogen (secondary N) is 1. The highest BCUT2D eigenvalue weighted by Gasteiger charge is 2.41. The summed E-state index contributed by atoms with van der Waals surface area (Å²) in [6, 6.07) is 0. The minimum absolute atomic E-state index is 0.0642. The number of nitrogens with zero attached hydrogens (tertiary/aromatic N) is 3. The number of aromatic nitrogens is 2. The Balaban J connectivity index is 2.14. The second-order valence-corrected chi connectivity index (χ2v) is 5.08. The van der Waals surface area contributed by atoms with Crippen LogP contribution in [0.4, 0.5) is 5.82 Å². The van der Waals surface area contributed by atoms with Crippen LogP contribution in [-0.4, -0.2) is 34.8 Å². The van der Waals surface area contributed by atoms with E-state index in [1.165, 1.54) is 0 Å². The molecule has 1 saturated heterocycles. The van der Waals surface area contributed by atoms with Gasteiger partial charge in [-0.1, -0.05) is 11.6 Å². The average molecular weight is 261 g/mol. The molecule has 1 aliphatic heterocycles. The van der Waals surface area contributed by atoms with Crippen LogP contribution >= 0.6 is 23.3 Å². The van der Waals surface area contributed by atoms with Crippen molar-refractivity contribution in [2.75, 3.05) is 25.0 Å². The van der Waals surface area contributed by atoms with Crippen molar-refractivity contribution in [1.29, 1.82) is 0 Å². The molecule has 0 bridgehead atoms. The van der Waals surface area contributed by atoms with Gasteiger partial charge in [-0.3, -0.25) is 4.79 Å². The van der Waals surface area contributed by atoms with Crippen molar-refractivity contribution in [3.8, 4) is 0 Å². The van der Waals surface area contributed by atoms with Gasteiger partial charge in [-0.2, -0.15) is 8.75 Å². The van der Waals surface area contributed by atoms with E-state index in [1.54, 1.807) is 7.05 Å². The van der Waals surface area contributed by atoms with Crippen LogP contribution in [0.15, 0.2) is 0 Å². The Morgan fingerprint density at radius 1 is 1.62 bits per heavy atom. The first-order valence-corrected chi connectivity index (χ1v) is 6.13. The molecule has 16 heavy (non-hydrogen) atoms. The number of halogens is 1.